The van der Waals surface area contributed by atoms with Crippen LogP contribution in [0.2, 0.25) is 0 Å². The van der Waals surface area contributed by atoms with Gasteiger partial charge in [-0.15, -0.1) is 11.3 Å². The van der Waals surface area contributed by atoms with Crippen LogP contribution in [0.4, 0.5) is 0 Å². The first-order chi connectivity index (χ1) is 8.51. The van der Waals surface area contributed by atoms with E-state index in [-0.39, 0.29) is 17.7 Å². The first kappa shape index (κ1) is 12.9. The van der Waals surface area contributed by atoms with Gasteiger partial charge < -0.3 is 5.11 Å². The number of aliphatic hydroxyl groups excluding tert-OH is 1. The lowest BCUT2D eigenvalue weighted by atomic mass is 10.3. The molecule has 0 amide bonds. The second kappa shape index (κ2) is 4.99. The molecule has 2 aromatic rings. The smallest absolute Gasteiger partial charge is 0.206 e. The van der Waals surface area contributed by atoms with E-state index in [4.69, 9.17) is 5.11 Å². The van der Waals surface area contributed by atoms with E-state index in [1.807, 2.05) is 20.8 Å². The van der Waals surface area contributed by atoms with Crippen molar-refractivity contribution >= 4 is 11.3 Å². The Hall–Kier alpha value is -1.53. The Morgan fingerprint density at radius 2 is 2.11 bits per heavy atom. The van der Waals surface area contributed by atoms with E-state index in [2.05, 4.69) is 10.1 Å². The summed E-state index contributed by atoms with van der Waals surface area (Å²) in [6.07, 6.45) is 0. The number of aromatic nitrogens is 3. The van der Waals surface area contributed by atoms with Gasteiger partial charge in [-0.25, -0.2) is 4.98 Å². The summed E-state index contributed by atoms with van der Waals surface area (Å²) in [6, 6.07) is 1.49. The van der Waals surface area contributed by atoms with Gasteiger partial charge in [0.1, 0.15) is 10.7 Å². The van der Waals surface area contributed by atoms with Crippen LogP contribution in [-0.4, -0.2) is 19.9 Å². The van der Waals surface area contributed by atoms with Crippen LogP contribution in [0.25, 0.3) is 0 Å². The minimum Gasteiger partial charge on any atom is -0.390 e. The van der Waals surface area contributed by atoms with Gasteiger partial charge >= 0.3 is 0 Å². The molecular weight excluding hydrogens is 250 g/mol. The van der Waals surface area contributed by atoms with Gasteiger partial charge in [-0.2, -0.15) is 5.10 Å². The minimum absolute atomic E-state index is 0.172. The Bertz CT molecular complexity index is 611. The van der Waals surface area contributed by atoms with Crippen LogP contribution >= 0.6 is 11.3 Å². The molecule has 6 heteroatoms. The number of nitrogens with zero attached hydrogens (tertiary/aromatic N) is 3. The topological polar surface area (TPSA) is 68.0 Å². The largest absolute Gasteiger partial charge is 0.390 e. The molecule has 0 aliphatic carbocycles. The molecule has 0 radical (unpaired) electrons. The molecule has 0 saturated carbocycles. The van der Waals surface area contributed by atoms with E-state index in [1.54, 1.807) is 16.0 Å². The molecule has 18 heavy (non-hydrogen) atoms. The highest BCUT2D eigenvalue weighted by Gasteiger charge is 2.08. The molecule has 0 saturated heterocycles. The van der Waals surface area contributed by atoms with Crippen LogP contribution in [-0.2, 0) is 13.2 Å². The van der Waals surface area contributed by atoms with Crippen molar-refractivity contribution in [2.45, 2.75) is 33.9 Å². The molecule has 5 nitrogen and oxygen atoms in total. The maximum atomic E-state index is 11.5. The third kappa shape index (κ3) is 2.49. The molecule has 0 fully saturated rings. The van der Waals surface area contributed by atoms with Crippen molar-refractivity contribution < 1.29 is 5.11 Å². The van der Waals surface area contributed by atoms with Gasteiger partial charge in [0.2, 0.25) is 5.43 Å². The molecule has 0 aromatic carbocycles. The van der Waals surface area contributed by atoms with E-state index >= 15 is 0 Å². The van der Waals surface area contributed by atoms with Crippen molar-refractivity contribution in [1.29, 1.82) is 0 Å². The van der Waals surface area contributed by atoms with Crippen LogP contribution in [0.15, 0.2) is 10.9 Å². The van der Waals surface area contributed by atoms with E-state index in [1.165, 1.54) is 10.9 Å². The highest BCUT2D eigenvalue weighted by Crippen LogP contribution is 2.17. The first-order valence-corrected chi connectivity index (χ1v) is 6.44. The fraction of sp³-hybridized carbons (Fsp3) is 0.417. The molecular formula is C12H15N3O2S. The third-order valence-corrected chi connectivity index (χ3v) is 3.84. The van der Waals surface area contributed by atoms with Crippen LogP contribution in [0.5, 0.6) is 0 Å². The molecule has 96 valence electrons. The van der Waals surface area contributed by atoms with E-state index in [9.17, 15) is 4.79 Å². The van der Waals surface area contributed by atoms with E-state index < -0.39 is 0 Å². The van der Waals surface area contributed by atoms with Crippen molar-refractivity contribution in [2.24, 2.45) is 0 Å². The summed E-state index contributed by atoms with van der Waals surface area (Å²) in [6.45, 7) is 6.01. The monoisotopic (exact) mass is 265 g/mol. The van der Waals surface area contributed by atoms with Crippen molar-refractivity contribution in [3.63, 3.8) is 0 Å². The van der Waals surface area contributed by atoms with Crippen molar-refractivity contribution in [3.8, 4) is 0 Å². The summed E-state index contributed by atoms with van der Waals surface area (Å²) in [7, 11) is 0. The molecule has 2 heterocycles. The Morgan fingerprint density at radius 3 is 2.67 bits per heavy atom. The fourth-order valence-electron chi connectivity index (χ4n) is 1.63. The number of rotatable bonds is 3. The highest BCUT2D eigenvalue weighted by atomic mass is 32.1. The van der Waals surface area contributed by atoms with Crippen LogP contribution in [0.1, 0.15) is 27.0 Å². The maximum absolute atomic E-state index is 11.5. The second-order valence-corrected chi connectivity index (χ2v) is 5.45. The van der Waals surface area contributed by atoms with E-state index in [0.717, 1.165) is 16.4 Å². The average molecular weight is 265 g/mol. The molecule has 2 rings (SSSR count). The lowest BCUT2D eigenvalue weighted by Crippen LogP contribution is -2.20. The summed E-state index contributed by atoms with van der Waals surface area (Å²) in [5.74, 6) is 0. The number of aliphatic hydroxyl groups is 1. The summed E-state index contributed by atoms with van der Waals surface area (Å²) < 4.78 is 1.70. The quantitative estimate of drug-likeness (QED) is 0.904. The normalized spacial score (nSPS) is 10.9. The zero-order chi connectivity index (χ0) is 13.3. The number of hydrogen-bond acceptors (Lipinski definition) is 5. The average Bonchev–Trinajstić information content (AvgIpc) is 2.62. The fourth-order valence-corrected chi connectivity index (χ4v) is 2.54. The van der Waals surface area contributed by atoms with Gasteiger partial charge in [0, 0.05) is 16.6 Å². The van der Waals surface area contributed by atoms with Gasteiger partial charge in [0.05, 0.1) is 18.8 Å². The Labute approximate surface area is 109 Å². The predicted octanol–water partition coefficient (Wildman–Crippen LogP) is 1.17. The predicted molar refractivity (Wildman–Crippen MR) is 69.8 cm³/mol. The summed E-state index contributed by atoms with van der Waals surface area (Å²) in [4.78, 5) is 17.1. The van der Waals surface area contributed by atoms with Gasteiger partial charge in [0.15, 0.2) is 0 Å². The number of hydrogen-bond donors (Lipinski definition) is 1. The molecule has 0 atom stereocenters. The molecule has 0 bridgehead atoms. The lowest BCUT2D eigenvalue weighted by Gasteiger charge is -2.08. The Balaban J connectivity index is 2.36. The summed E-state index contributed by atoms with van der Waals surface area (Å²) in [5, 5.41) is 14.2. The van der Waals surface area contributed by atoms with Crippen LogP contribution in [0, 0.1) is 20.8 Å². The van der Waals surface area contributed by atoms with E-state index in [0.29, 0.717) is 6.54 Å². The lowest BCUT2D eigenvalue weighted by molar-refractivity contribution is 0.271. The van der Waals surface area contributed by atoms with Crippen molar-refractivity contribution in [3.05, 3.63) is 43.3 Å². The van der Waals surface area contributed by atoms with Crippen molar-refractivity contribution in [2.75, 3.05) is 0 Å². The molecule has 0 spiro atoms. The molecule has 0 unspecified atom stereocenters. The van der Waals surface area contributed by atoms with Gasteiger partial charge in [0.25, 0.3) is 0 Å². The summed E-state index contributed by atoms with van der Waals surface area (Å²) in [5.41, 5.74) is 1.74. The van der Waals surface area contributed by atoms with Gasteiger partial charge in [-0.05, 0) is 20.8 Å². The van der Waals surface area contributed by atoms with Crippen LogP contribution in [0.3, 0.4) is 0 Å². The van der Waals surface area contributed by atoms with Crippen LogP contribution < -0.4 is 5.43 Å². The number of aryl methyl sites for hydroxylation is 3. The second-order valence-electron chi connectivity index (χ2n) is 4.16. The molecule has 1 N–H and O–H groups in total. The SMILES string of the molecule is Cc1nc(Cn2nc(CO)c(=O)cc2C)sc1C. The summed E-state index contributed by atoms with van der Waals surface area (Å²) >= 11 is 1.62. The molecule has 0 aliphatic rings. The maximum Gasteiger partial charge on any atom is 0.206 e. The first-order valence-electron chi connectivity index (χ1n) is 5.62. The zero-order valence-corrected chi connectivity index (χ0v) is 11.4. The van der Waals surface area contributed by atoms with Crippen molar-refractivity contribution in [1.82, 2.24) is 14.8 Å². The molecule has 0 aliphatic heterocycles. The van der Waals surface area contributed by atoms with Gasteiger partial charge in [-0.1, -0.05) is 0 Å². The Kier molecular flexibility index (Phi) is 3.58. The zero-order valence-electron chi connectivity index (χ0n) is 10.6. The van der Waals surface area contributed by atoms with Gasteiger partial charge in [-0.3, -0.25) is 9.48 Å². The third-order valence-electron chi connectivity index (χ3n) is 2.78. The standard InChI is InChI=1S/C12H15N3O2S/c1-7-4-11(17)10(6-16)14-15(7)5-12-13-8(2)9(3)18-12/h4,16H,5-6H2,1-3H3. The highest BCUT2D eigenvalue weighted by molar-refractivity contribution is 7.11. The molecule has 2 aromatic heterocycles. The Morgan fingerprint density at radius 1 is 1.39 bits per heavy atom. The minimum atomic E-state index is -0.338. The number of thiazole rings is 1.